The second kappa shape index (κ2) is 26.2. The number of aryl methyl sites for hydroxylation is 1. The lowest BCUT2D eigenvalue weighted by Crippen LogP contribution is -2.23. The molecule has 88 heavy (non-hydrogen) atoms. The zero-order valence-electron chi connectivity index (χ0n) is 49.6. The van der Waals surface area contributed by atoms with E-state index in [0.717, 1.165) is 91.0 Å². The minimum absolute atomic E-state index is 0.654. The molecule has 13 rings (SSSR count). The Morgan fingerprint density at radius 2 is 0.841 bits per heavy atom. The summed E-state index contributed by atoms with van der Waals surface area (Å²) in [5.74, 6) is 1.45. The highest BCUT2D eigenvalue weighted by atomic mass is 15.2. The number of hydrogen-bond acceptors (Lipinski definition) is 7. The van der Waals surface area contributed by atoms with Gasteiger partial charge in [-0.05, 0) is 162 Å². The normalized spacial score (nSPS) is 14.1. The number of nitrogens with zero attached hydrogens (tertiary/aromatic N) is 7. The van der Waals surface area contributed by atoms with Gasteiger partial charge in [-0.2, -0.15) is 21.0 Å². The number of nitriles is 4. The SMILES string of the molecule is C=C1CC=CC(CC)C1C.Cc1ccc(C(C#N)(C#N)c2ccc(N(c3ccccc3)c3cccc4ccccc34)cc2)cc1.N#CC1(C#N)c2cc(N(c3ccccc3)c3ccccc3)ccc2-c2ccc(N(c3ccccc3)c3ccccc3)cc21. The molecule has 0 fully saturated rings. The number of para-hydroxylation sites is 5. The van der Waals surface area contributed by atoms with Crippen molar-refractivity contribution >= 4 is 62.0 Å². The minimum atomic E-state index is -1.46. The van der Waals surface area contributed by atoms with Crippen LogP contribution in [0.5, 0.6) is 0 Å². The highest BCUT2D eigenvalue weighted by molar-refractivity contribution is 5.99. The fraction of sp³-hybridized carbons (Fsp3) is 0.111. The van der Waals surface area contributed by atoms with Crippen LogP contribution in [0.2, 0.25) is 0 Å². The van der Waals surface area contributed by atoms with Crippen LogP contribution < -0.4 is 14.7 Å². The molecule has 0 N–H and O–H groups in total. The second-order valence-electron chi connectivity index (χ2n) is 22.2. The summed E-state index contributed by atoms with van der Waals surface area (Å²) in [6.45, 7) is 10.6. The number of fused-ring (bicyclic) bond motifs is 4. The van der Waals surface area contributed by atoms with Gasteiger partial charge in [0.2, 0.25) is 0 Å². The molecule has 7 heteroatoms. The van der Waals surface area contributed by atoms with Gasteiger partial charge in [0.25, 0.3) is 0 Å². The summed E-state index contributed by atoms with van der Waals surface area (Å²) >= 11 is 0. The van der Waals surface area contributed by atoms with Gasteiger partial charge in [0.15, 0.2) is 10.8 Å². The Morgan fingerprint density at radius 3 is 1.26 bits per heavy atom. The van der Waals surface area contributed by atoms with Crippen LogP contribution in [-0.2, 0) is 10.8 Å². The molecule has 2 atom stereocenters. The minimum Gasteiger partial charge on any atom is -0.310 e. The van der Waals surface area contributed by atoms with E-state index in [0.29, 0.717) is 28.2 Å². The third-order valence-electron chi connectivity index (χ3n) is 16.9. The number of benzene rings is 11. The molecule has 0 radical (unpaired) electrons. The van der Waals surface area contributed by atoms with Gasteiger partial charge in [0.1, 0.15) is 0 Å². The first kappa shape index (κ1) is 58.3. The highest BCUT2D eigenvalue weighted by Gasteiger charge is 2.45. The zero-order chi connectivity index (χ0) is 61.0. The van der Waals surface area contributed by atoms with Gasteiger partial charge in [-0.3, -0.25) is 0 Å². The van der Waals surface area contributed by atoms with Crippen LogP contribution in [0.25, 0.3) is 21.9 Å². The smallest absolute Gasteiger partial charge is 0.194 e. The lowest BCUT2D eigenvalue weighted by molar-refractivity contribution is 0.456. The molecular formula is C81H65N7. The van der Waals surface area contributed by atoms with Crippen molar-refractivity contribution in [3.63, 3.8) is 0 Å². The van der Waals surface area contributed by atoms with Gasteiger partial charge in [-0.15, -0.1) is 0 Å². The summed E-state index contributed by atoms with van der Waals surface area (Å²) in [6, 6.07) is 102. The van der Waals surface area contributed by atoms with Gasteiger partial charge >= 0.3 is 0 Å². The first-order valence-corrected chi connectivity index (χ1v) is 29.7. The van der Waals surface area contributed by atoms with Gasteiger partial charge in [-0.1, -0.05) is 220 Å². The van der Waals surface area contributed by atoms with E-state index in [1.165, 1.54) is 12.0 Å². The molecule has 424 valence electrons. The third-order valence-corrected chi connectivity index (χ3v) is 16.9. The molecule has 0 spiro atoms. The predicted molar refractivity (Wildman–Crippen MR) is 361 cm³/mol. The molecular weight excluding hydrogens is 1070 g/mol. The van der Waals surface area contributed by atoms with E-state index in [-0.39, 0.29) is 0 Å². The van der Waals surface area contributed by atoms with Crippen LogP contribution in [0, 0.1) is 64.1 Å². The van der Waals surface area contributed by atoms with Gasteiger partial charge in [0.05, 0.1) is 30.0 Å². The van der Waals surface area contributed by atoms with E-state index in [4.69, 9.17) is 0 Å². The number of rotatable bonds is 12. The Kier molecular flexibility index (Phi) is 17.4. The molecule has 2 aliphatic rings. The summed E-state index contributed by atoms with van der Waals surface area (Å²) in [6.07, 6.45) is 6.92. The van der Waals surface area contributed by atoms with Crippen LogP contribution >= 0.6 is 0 Å². The Labute approximate surface area is 517 Å². The quantitative estimate of drug-likeness (QED) is 0.112. The van der Waals surface area contributed by atoms with Crippen LogP contribution in [0.4, 0.5) is 51.2 Å². The van der Waals surface area contributed by atoms with Gasteiger partial charge < -0.3 is 14.7 Å². The zero-order valence-corrected chi connectivity index (χ0v) is 49.6. The van der Waals surface area contributed by atoms with Crippen molar-refractivity contribution in [2.45, 2.75) is 44.4 Å². The summed E-state index contributed by atoms with van der Waals surface area (Å²) in [4.78, 5) is 6.51. The molecule has 7 nitrogen and oxygen atoms in total. The van der Waals surface area contributed by atoms with Crippen molar-refractivity contribution in [2.75, 3.05) is 14.7 Å². The van der Waals surface area contributed by atoms with Crippen molar-refractivity contribution in [2.24, 2.45) is 11.8 Å². The Morgan fingerprint density at radius 1 is 0.455 bits per heavy atom. The van der Waals surface area contributed by atoms with Crippen molar-refractivity contribution in [1.82, 2.24) is 0 Å². The first-order chi connectivity index (χ1) is 43.1. The lowest BCUT2D eigenvalue weighted by atomic mass is 9.77. The first-order valence-electron chi connectivity index (χ1n) is 29.7. The van der Waals surface area contributed by atoms with Crippen LogP contribution in [0.3, 0.4) is 0 Å². The monoisotopic (exact) mass is 1140 g/mol. The van der Waals surface area contributed by atoms with Crippen molar-refractivity contribution < 1.29 is 0 Å². The van der Waals surface area contributed by atoms with E-state index in [9.17, 15) is 21.0 Å². The number of allylic oxidation sites excluding steroid dienone is 3. The summed E-state index contributed by atoms with van der Waals surface area (Å²) in [7, 11) is 0. The third kappa shape index (κ3) is 11.5. The fourth-order valence-electron chi connectivity index (χ4n) is 12.1. The van der Waals surface area contributed by atoms with E-state index in [1.807, 2.05) is 183 Å². The average Bonchev–Trinajstić information content (AvgIpc) is 1.63. The lowest BCUT2D eigenvalue weighted by Gasteiger charge is -2.28. The maximum absolute atomic E-state index is 10.7. The Bertz CT molecular complexity index is 4190. The standard InChI is InChI=1S/C39H26N4.C32H23N3.C10H16/c40-27-39(28-41)37-25-33(42(29-13-5-1-6-14-29)30-15-7-2-8-16-30)21-23-35(37)36-24-22-34(26-38(36)39)43(31-17-9-3-10-18-31)32-19-11-4-12-20-32;1-24-14-16-26(17-15-24)32(22-33,23-34)27-18-20-29(21-19-27)35(28-10-3-2-4-11-28)31-13-7-9-25-8-5-6-12-30(25)31;1-4-10-7-5-6-8(2)9(10)3/h1-26H;2-21H,1H3;5,7,9-10H,2,4,6H2,1,3H3. The van der Waals surface area contributed by atoms with Crippen molar-refractivity contribution in [3.8, 4) is 35.4 Å². The molecule has 0 saturated heterocycles. The van der Waals surface area contributed by atoms with E-state index < -0.39 is 10.8 Å². The summed E-state index contributed by atoms with van der Waals surface area (Å²) in [5, 5.41) is 44.0. The van der Waals surface area contributed by atoms with Gasteiger partial charge in [-0.25, -0.2) is 0 Å². The van der Waals surface area contributed by atoms with E-state index in [2.05, 4.69) is 175 Å². The topological polar surface area (TPSA) is 105 Å². The van der Waals surface area contributed by atoms with Gasteiger partial charge in [0, 0.05) is 62.0 Å². The van der Waals surface area contributed by atoms with E-state index in [1.54, 1.807) is 0 Å². The molecule has 11 aromatic rings. The summed E-state index contributed by atoms with van der Waals surface area (Å²) in [5.41, 5.74) is 13.0. The Hall–Kier alpha value is -11.5. The molecule has 0 heterocycles. The largest absolute Gasteiger partial charge is 0.310 e. The van der Waals surface area contributed by atoms with Crippen molar-refractivity contribution in [3.05, 3.63) is 331 Å². The van der Waals surface area contributed by atoms with Crippen molar-refractivity contribution in [1.29, 1.82) is 21.0 Å². The van der Waals surface area contributed by atoms with Crippen LogP contribution in [0.1, 0.15) is 54.5 Å². The molecule has 0 saturated carbocycles. The molecule has 11 aromatic carbocycles. The Balaban J connectivity index is 0.000000159. The molecule has 0 bridgehead atoms. The summed E-state index contributed by atoms with van der Waals surface area (Å²) < 4.78 is 0. The average molecular weight is 1140 g/mol. The predicted octanol–water partition coefficient (Wildman–Crippen LogP) is 21.1. The molecule has 0 aliphatic heterocycles. The van der Waals surface area contributed by atoms with E-state index >= 15 is 0 Å². The maximum atomic E-state index is 10.7. The fourth-order valence-corrected chi connectivity index (χ4v) is 12.1. The number of hydrogen-bond donors (Lipinski definition) is 0. The molecule has 2 unspecified atom stereocenters. The van der Waals surface area contributed by atoms with Crippen LogP contribution in [-0.4, -0.2) is 0 Å². The second-order valence-corrected chi connectivity index (χ2v) is 22.2. The number of anilines is 9. The molecule has 2 aliphatic carbocycles. The maximum Gasteiger partial charge on any atom is 0.194 e. The molecule has 0 amide bonds. The highest BCUT2D eigenvalue weighted by Crippen LogP contribution is 2.53. The van der Waals surface area contributed by atoms with Crippen LogP contribution in [0.15, 0.2) is 303 Å². The molecule has 0 aromatic heterocycles.